The molecule has 6 aromatic heterocycles. The number of nitrogens with one attached hydrogen (secondary N) is 4. The van der Waals surface area contributed by atoms with Gasteiger partial charge in [-0.15, -0.1) is 12.4 Å². The fourth-order valence-corrected chi connectivity index (χ4v) is 6.94. The van der Waals surface area contributed by atoms with E-state index < -0.39 is 41.7 Å². The molecular weight excluding hydrogens is 994 g/mol. The maximum atomic E-state index is 13.3. The first kappa shape index (κ1) is 56.1. The number of rotatable bonds is 17. The van der Waals surface area contributed by atoms with Gasteiger partial charge in [-0.2, -0.15) is 15.7 Å². The third kappa shape index (κ3) is 13.4. The molecule has 26 heteroatoms. The first-order valence-electron chi connectivity index (χ1n) is 22.1. The molecule has 0 fully saturated rings. The Morgan fingerprint density at radius 3 is 1.51 bits per heavy atom. The summed E-state index contributed by atoms with van der Waals surface area (Å²) in [4.78, 5) is 91.3. The van der Waals surface area contributed by atoms with Gasteiger partial charge in [0.25, 0.3) is 17.7 Å². The fourth-order valence-electron chi connectivity index (χ4n) is 6.94. The van der Waals surface area contributed by atoms with E-state index in [1.807, 2.05) is 13.8 Å². The zero-order valence-electron chi connectivity index (χ0n) is 40.4. The lowest BCUT2D eigenvalue weighted by Crippen LogP contribution is -2.31. The van der Waals surface area contributed by atoms with Crippen molar-refractivity contribution in [3.63, 3.8) is 0 Å². The molecule has 2 atom stereocenters. The molecule has 23 nitrogen and oxygen atoms in total. The number of hydrogen-bond acceptors (Lipinski definition) is 17. The van der Waals surface area contributed by atoms with Gasteiger partial charge in [0.05, 0.1) is 79.1 Å². The lowest BCUT2D eigenvalue weighted by molar-refractivity contribution is -0.139. The molecule has 8 aromatic rings. The number of hydrogen-bond donors (Lipinski definition) is 5. The molecule has 8 rings (SSSR count). The predicted octanol–water partition coefficient (Wildman–Crippen LogP) is 5.83. The van der Waals surface area contributed by atoms with Crippen molar-refractivity contribution in [3.05, 3.63) is 143 Å². The molecule has 0 aliphatic carbocycles. The number of nitrogens with zero attached hydrogens (tertiary/aromatic N) is 8. The minimum absolute atomic E-state index is 0. The predicted molar refractivity (Wildman–Crippen MR) is 261 cm³/mol. The number of carbonyl (C=O) groups excluding carboxylic acids is 5. The van der Waals surface area contributed by atoms with E-state index in [2.05, 4.69) is 61.1 Å². The van der Waals surface area contributed by atoms with Gasteiger partial charge in [0, 0.05) is 23.2 Å². The lowest BCUT2D eigenvalue weighted by Gasteiger charge is -2.14. The van der Waals surface area contributed by atoms with Crippen LogP contribution in [0.2, 0.25) is 0 Å². The number of ether oxygens (including phenoxy) is 1. The maximum absolute atomic E-state index is 13.3. The molecule has 2 unspecified atom stereocenters. The second kappa shape index (κ2) is 26.1. The molecular formula is C48H49ClF2N12O11. The third-order valence-corrected chi connectivity index (χ3v) is 10.6. The zero-order valence-corrected chi connectivity index (χ0v) is 41.2. The van der Waals surface area contributed by atoms with Crippen LogP contribution in [0.25, 0.3) is 33.2 Å². The number of carboxylic acid groups (broad SMARTS) is 1. The second-order valence-corrected chi connectivity index (χ2v) is 15.4. The summed E-state index contributed by atoms with van der Waals surface area (Å²) < 4.78 is 45.3. The van der Waals surface area contributed by atoms with E-state index in [1.165, 1.54) is 70.2 Å². The number of amides is 3. The zero-order chi connectivity index (χ0) is 52.8. The number of halogens is 3. The molecule has 74 heavy (non-hydrogen) atoms. The average molecular weight is 1040 g/mol. The lowest BCUT2D eigenvalue weighted by atomic mass is 10.1. The Morgan fingerprint density at radius 2 is 1.14 bits per heavy atom. The van der Waals surface area contributed by atoms with Crippen molar-refractivity contribution in [3.8, 4) is 11.4 Å². The number of aldehydes is 1. The van der Waals surface area contributed by atoms with Crippen LogP contribution in [-0.2, 0) is 19.2 Å². The van der Waals surface area contributed by atoms with Crippen LogP contribution in [0.3, 0.4) is 0 Å². The number of pyridine rings is 2. The molecule has 5 N–H and O–H groups in total. The van der Waals surface area contributed by atoms with Gasteiger partial charge in [0.1, 0.15) is 48.1 Å². The fraction of sp³-hybridized carbons (Fsp3) is 0.250. The van der Waals surface area contributed by atoms with Gasteiger partial charge in [-0.1, -0.05) is 13.8 Å². The van der Waals surface area contributed by atoms with Crippen LogP contribution in [0.5, 0.6) is 0 Å². The van der Waals surface area contributed by atoms with Crippen LogP contribution in [0.4, 0.5) is 8.78 Å². The van der Waals surface area contributed by atoms with E-state index >= 15 is 0 Å². The first-order chi connectivity index (χ1) is 35.1. The Morgan fingerprint density at radius 1 is 0.689 bits per heavy atom. The highest BCUT2D eigenvalue weighted by Gasteiger charge is 2.27. The average Bonchev–Trinajstić information content (AvgIpc) is 4.21. The minimum Gasteiger partial charge on any atom is -0.476 e. The number of methoxy groups -OCH3 is 1. The summed E-state index contributed by atoms with van der Waals surface area (Å²) in [5.74, 6) is -3.34. The SMILES string of the molecule is CCC(NC(=O)c1cncc2c1cnn2-c1ccc(F)cc1)c1nc(C(=O)NCC(=O)OC)c(C)o1.CCC(NC(=O)c1cncc2c1cnn2-c1ccc(F)cc1)c1nc(C(=O)O)c(C)o1.CONCC=O.Cl. The number of esters is 1. The molecule has 6 heterocycles. The number of fused-ring (bicyclic) bond motifs is 2. The molecule has 2 aromatic carbocycles. The van der Waals surface area contributed by atoms with E-state index in [0.29, 0.717) is 46.0 Å². The summed E-state index contributed by atoms with van der Waals surface area (Å²) in [7, 11) is 2.68. The summed E-state index contributed by atoms with van der Waals surface area (Å²) in [6.07, 6.45) is 10.6. The van der Waals surface area contributed by atoms with Gasteiger partial charge < -0.3 is 44.3 Å². The number of hydroxylamine groups is 1. The first-order valence-corrected chi connectivity index (χ1v) is 22.1. The van der Waals surface area contributed by atoms with E-state index in [4.69, 9.17) is 8.83 Å². The standard InChI is InChI=1S/C24H23FN6O5.C21H18FN5O4.C3H7NO2.ClH/c1-4-18(24-30-21(13(2)36-24)23(34)27-12-20(32)35-3)29-22(33)17-9-26-11-19-16(17)10-28-31(19)15-7-5-14(25)6-8-15;1-3-16(20-26-18(21(29)30)11(2)31-20)25-19(28)15-8-23-10-17-14(15)9-24-27(17)13-6-4-12(22)5-7-13;1-6-4-2-3-5;/h5-11,18H,4,12H2,1-3H3,(H,27,34)(H,29,33);4-10,16H,3H2,1-2H3,(H,25,28)(H,29,30);3-4H,2H2,1H3;1H. The second-order valence-electron chi connectivity index (χ2n) is 15.4. The molecule has 0 aliphatic rings. The van der Waals surface area contributed by atoms with Gasteiger partial charge in [-0.25, -0.2) is 32.9 Å². The van der Waals surface area contributed by atoms with E-state index in [9.17, 15) is 42.7 Å². The Hall–Kier alpha value is -8.81. The van der Waals surface area contributed by atoms with E-state index in [-0.39, 0.29) is 82.9 Å². The number of carboxylic acids is 1. The maximum Gasteiger partial charge on any atom is 0.358 e. The molecule has 388 valence electrons. The van der Waals surface area contributed by atoms with Crippen molar-refractivity contribution in [2.45, 2.75) is 52.6 Å². The quantitative estimate of drug-likeness (QED) is 0.0310. The van der Waals surface area contributed by atoms with Crippen LogP contribution in [0.15, 0.2) is 94.5 Å². The molecule has 0 aliphatic heterocycles. The largest absolute Gasteiger partial charge is 0.476 e. The van der Waals surface area contributed by atoms with Gasteiger partial charge in [0.2, 0.25) is 11.8 Å². The highest BCUT2D eigenvalue weighted by Crippen LogP contribution is 2.26. The molecule has 0 saturated heterocycles. The number of carbonyl (C=O) groups is 6. The Balaban J connectivity index is 0.000000246. The smallest absolute Gasteiger partial charge is 0.358 e. The summed E-state index contributed by atoms with van der Waals surface area (Å²) in [6, 6.07) is 10.3. The molecule has 3 amide bonds. The molecule has 0 saturated carbocycles. The summed E-state index contributed by atoms with van der Waals surface area (Å²) >= 11 is 0. The highest BCUT2D eigenvalue weighted by atomic mass is 35.5. The van der Waals surface area contributed by atoms with Crippen LogP contribution in [0, 0.1) is 25.5 Å². The number of aromatic nitrogens is 8. The monoisotopic (exact) mass is 1040 g/mol. The third-order valence-electron chi connectivity index (χ3n) is 10.6. The van der Waals surface area contributed by atoms with E-state index in [0.717, 1.165) is 6.29 Å². The number of aryl methyl sites for hydroxylation is 2. The van der Waals surface area contributed by atoms with Crippen LogP contribution in [0.1, 0.15) is 104 Å². The number of aromatic carboxylic acids is 1. The van der Waals surface area contributed by atoms with Crippen molar-refractivity contribution < 1.29 is 61.1 Å². The van der Waals surface area contributed by atoms with Crippen molar-refractivity contribution in [2.75, 3.05) is 27.3 Å². The number of benzene rings is 2. The normalized spacial score (nSPS) is 11.5. The molecule has 0 spiro atoms. The topological polar surface area (TPSA) is 303 Å². The summed E-state index contributed by atoms with van der Waals surface area (Å²) in [5, 5.41) is 27.0. The minimum atomic E-state index is -1.20. The van der Waals surface area contributed by atoms with Crippen molar-refractivity contribution >= 4 is 70.2 Å². The van der Waals surface area contributed by atoms with Gasteiger partial charge in [-0.3, -0.25) is 29.1 Å². The van der Waals surface area contributed by atoms with Gasteiger partial charge in [0.15, 0.2) is 11.4 Å². The summed E-state index contributed by atoms with van der Waals surface area (Å²) in [5.41, 5.74) is 5.09. The summed E-state index contributed by atoms with van der Waals surface area (Å²) in [6.45, 7) is 6.66. The molecule has 0 radical (unpaired) electrons. The highest BCUT2D eigenvalue weighted by molar-refractivity contribution is 6.07. The Kier molecular flexibility index (Phi) is 19.8. The van der Waals surface area contributed by atoms with Crippen molar-refractivity contribution in [2.24, 2.45) is 0 Å². The van der Waals surface area contributed by atoms with Crippen LogP contribution >= 0.6 is 12.4 Å². The van der Waals surface area contributed by atoms with Crippen molar-refractivity contribution in [1.29, 1.82) is 0 Å². The van der Waals surface area contributed by atoms with Crippen LogP contribution in [-0.4, -0.2) is 108 Å². The van der Waals surface area contributed by atoms with Crippen molar-refractivity contribution in [1.82, 2.24) is 60.9 Å². The number of oxazole rings is 2. The van der Waals surface area contributed by atoms with Gasteiger partial charge >= 0.3 is 11.9 Å². The van der Waals surface area contributed by atoms with E-state index in [1.54, 1.807) is 52.9 Å². The molecule has 0 bridgehead atoms. The Labute approximate surface area is 425 Å². The van der Waals surface area contributed by atoms with Crippen LogP contribution < -0.4 is 21.4 Å². The Bertz CT molecular complexity index is 3250. The van der Waals surface area contributed by atoms with Gasteiger partial charge in [-0.05, 0) is 75.2 Å².